The number of ether oxygens (including phenoxy) is 3. The zero-order valence-electron chi connectivity index (χ0n) is 12.1. The van der Waals surface area contributed by atoms with Crippen LogP contribution in [0.1, 0.15) is 18.9 Å². The molecule has 1 heterocycles. The lowest BCUT2D eigenvalue weighted by molar-refractivity contribution is -0.142. The largest absolute Gasteiger partial charge is 0.493 e. The molecule has 0 aliphatic carbocycles. The van der Waals surface area contributed by atoms with E-state index in [4.69, 9.17) is 14.2 Å². The average Bonchev–Trinajstić information content (AvgIpc) is 2.95. The van der Waals surface area contributed by atoms with Gasteiger partial charge in [0.2, 0.25) is 0 Å². The maximum absolute atomic E-state index is 11.5. The summed E-state index contributed by atoms with van der Waals surface area (Å²) >= 11 is 0. The monoisotopic (exact) mass is 279 g/mol. The van der Waals surface area contributed by atoms with Crippen molar-refractivity contribution in [1.82, 2.24) is 5.32 Å². The molecule has 2 rings (SSSR count). The van der Waals surface area contributed by atoms with Gasteiger partial charge in [0.1, 0.15) is 12.1 Å². The van der Waals surface area contributed by atoms with Crippen LogP contribution in [0.15, 0.2) is 18.2 Å². The van der Waals surface area contributed by atoms with Gasteiger partial charge in [-0.2, -0.15) is 0 Å². The number of aryl methyl sites for hydroxylation is 1. The zero-order valence-corrected chi connectivity index (χ0v) is 12.1. The van der Waals surface area contributed by atoms with E-state index < -0.39 is 0 Å². The fourth-order valence-corrected chi connectivity index (χ4v) is 2.32. The second-order valence-corrected chi connectivity index (χ2v) is 4.80. The van der Waals surface area contributed by atoms with Crippen LogP contribution in [0.5, 0.6) is 11.5 Å². The average molecular weight is 279 g/mol. The summed E-state index contributed by atoms with van der Waals surface area (Å²) in [4.78, 5) is 11.5. The third kappa shape index (κ3) is 3.22. The minimum Gasteiger partial charge on any atom is -0.493 e. The Morgan fingerprint density at radius 3 is 2.80 bits per heavy atom. The van der Waals surface area contributed by atoms with Crippen LogP contribution in [0.25, 0.3) is 0 Å². The predicted octanol–water partition coefficient (Wildman–Crippen LogP) is 1.54. The molecule has 0 radical (unpaired) electrons. The van der Waals surface area contributed by atoms with Crippen LogP contribution in [-0.2, 0) is 16.0 Å². The third-order valence-corrected chi connectivity index (χ3v) is 3.51. The van der Waals surface area contributed by atoms with E-state index in [0.29, 0.717) is 18.7 Å². The minimum atomic E-state index is -0.286. The van der Waals surface area contributed by atoms with Crippen molar-refractivity contribution in [3.8, 4) is 11.5 Å². The van der Waals surface area contributed by atoms with E-state index in [2.05, 4.69) is 12.2 Å². The molecule has 1 saturated heterocycles. The van der Waals surface area contributed by atoms with Crippen molar-refractivity contribution >= 4 is 5.97 Å². The van der Waals surface area contributed by atoms with E-state index in [1.807, 2.05) is 18.2 Å². The predicted molar refractivity (Wildman–Crippen MR) is 75.2 cm³/mol. The summed E-state index contributed by atoms with van der Waals surface area (Å²) in [5.41, 5.74) is 1.20. The van der Waals surface area contributed by atoms with E-state index in [0.717, 1.165) is 12.2 Å². The number of esters is 1. The summed E-state index contributed by atoms with van der Waals surface area (Å²) in [6.07, 6.45) is 1.50. The van der Waals surface area contributed by atoms with Gasteiger partial charge in [-0.25, -0.2) is 0 Å². The standard InChI is InChI=1S/C15H21NO4/c1-4-10-5-6-13(14(7-10)18-2)20-11-8-12(16-9-11)15(17)19-3/h5-7,11-12,16H,4,8-9H2,1-3H3/t11-,12-/m1/s1. The van der Waals surface area contributed by atoms with Gasteiger partial charge in [-0.1, -0.05) is 13.0 Å². The van der Waals surface area contributed by atoms with Crippen molar-refractivity contribution in [1.29, 1.82) is 0 Å². The molecule has 0 unspecified atom stereocenters. The zero-order chi connectivity index (χ0) is 14.5. The van der Waals surface area contributed by atoms with Crippen molar-refractivity contribution in [2.75, 3.05) is 20.8 Å². The molecule has 1 fully saturated rings. The van der Waals surface area contributed by atoms with Gasteiger partial charge in [-0.05, 0) is 24.1 Å². The smallest absolute Gasteiger partial charge is 0.323 e. The van der Waals surface area contributed by atoms with Crippen molar-refractivity contribution in [2.24, 2.45) is 0 Å². The Hall–Kier alpha value is -1.75. The first-order valence-electron chi connectivity index (χ1n) is 6.82. The highest BCUT2D eigenvalue weighted by molar-refractivity contribution is 5.76. The molecule has 0 saturated carbocycles. The Morgan fingerprint density at radius 1 is 1.35 bits per heavy atom. The summed E-state index contributed by atoms with van der Waals surface area (Å²) in [6.45, 7) is 2.72. The van der Waals surface area contributed by atoms with Gasteiger partial charge >= 0.3 is 5.97 Å². The number of hydrogen-bond donors (Lipinski definition) is 1. The molecule has 1 aliphatic rings. The molecular formula is C15H21NO4. The second kappa shape index (κ2) is 6.61. The Labute approximate surface area is 119 Å². The number of benzene rings is 1. The molecule has 20 heavy (non-hydrogen) atoms. The van der Waals surface area contributed by atoms with Crippen molar-refractivity contribution in [3.63, 3.8) is 0 Å². The van der Waals surface area contributed by atoms with Crippen LogP contribution in [0.4, 0.5) is 0 Å². The summed E-state index contributed by atoms with van der Waals surface area (Å²) in [5, 5.41) is 3.10. The van der Waals surface area contributed by atoms with Gasteiger partial charge in [0.05, 0.1) is 14.2 Å². The van der Waals surface area contributed by atoms with Crippen LogP contribution >= 0.6 is 0 Å². The Kier molecular flexibility index (Phi) is 4.84. The summed E-state index contributed by atoms with van der Waals surface area (Å²) in [6, 6.07) is 5.64. The van der Waals surface area contributed by atoms with Crippen molar-refractivity contribution in [3.05, 3.63) is 23.8 Å². The summed E-state index contributed by atoms with van der Waals surface area (Å²) < 4.78 is 16.0. The SMILES string of the molecule is CCc1ccc(O[C@H]2CN[C@@H](C(=O)OC)C2)c(OC)c1. The maximum atomic E-state index is 11.5. The van der Waals surface area contributed by atoms with E-state index in [1.54, 1.807) is 7.11 Å². The van der Waals surface area contributed by atoms with E-state index >= 15 is 0 Å². The summed E-state index contributed by atoms with van der Waals surface area (Å²) in [5.74, 6) is 1.19. The number of methoxy groups -OCH3 is 2. The van der Waals surface area contributed by atoms with Crippen molar-refractivity contribution in [2.45, 2.75) is 31.9 Å². The molecule has 110 valence electrons. The number of carbonyl (C=O) groups excluding carboxylic acids is 1. The third-order valence-electron chi connectivity index (χ3n) is 3.51. The molecule has 0 spiro atoms. The fraction of sp³-hybridized carbons (Fsp3) is 0.533. The first-order valence-corrected chi connectivity index (χ1v) is 6.82. The molecule has 5 nitrogen and oxygen atoms in total. The number of hydrogen-bond acceptors (Lipinski definition) is 5. The number of nitrogens with one attached hydrogen (secondary N) is 1. The lowest BCUT2D eigenvalue weighted by Crippen LogP contribution is -2.31. The Bertz CT molecular complexity index is 475. The van der Waals surface area contributed by atoms with Crippen LogP contribution in [0, 0.1) is 0 Å². The highest BCUT2D eigenvalue weighted by Gasteiger charge is 2.31. The van der Waals surface area contributed by atoms with Crippen LogP contribution in [0.2, 0.25) is 0 Å². The maximum Gasteiger partial charge on any atom is 0.323 e. The molecule has 0 bridgehead atoms. The molecule has 0 amide bonds. The first kappa shape index (κ1) is 14.7. The molecular weight excluding hydrogens is 258 g/mol. The molecule has 1 aliphatic heterocycles. The quantitative estimate of drug-likeness (QED) is 0.829. The van der Waals surface area contributed by atoms with E-state index in [9.17, 15) is 4.79 Å². The van der Waals surface area contributed by atoms with Crippen molar-refractivity contribution < 1.29 is 19.0 Å². The topological polar surface area (TPSA) is 56.8 Å². The van der Waals surface area contributed by atoms with Gasteiger partial charge in [0.25, 0.3) is 0 Å². The molecule has 1 aromatic rings. The van der Waals surface area contributed by atoms with Gasteiger partial charge < -0.3 is 19.5 Å². The minimum absolute atomic E-state index is 0.0551. The molecule has 1 aromatic carbocycles. The fourth-order valence-electron chi connectivity index (χ4n) is 2.32. The van der Waals surface area contributed by atoms with E-state index in [1.165, 1.54) is 12.7 Å². The van der Waals surface area contributed by atoms with Gasteiger partial charge in [-0.3, -0.25) is 4.79 Å². The molecule has 5 heteroatoms. The Morgan fingerprint density at radius 2 is 2.15 bits per heavy atom. The lowest BCUT2D eigenvalue weighted by Gasteiger charge is -2.16. The van der Waals surface area contributed by atoms with Crippen LogP contribution in [0.3, 0.4) is 0 Å². The normalized spacial score (nSPS) is 21.6. The first-order chi connectivity index (χ1) is 9.67. The second-order valence-electron chi connectivity index (χ2n) is 4.80. The molecule has 0 aromatic heterocycles. The van der Waals surface area contributed by atoms with E-state index in [-0.39, 0.29) is 18.1 Å². The Balaban J connectivity index is 2.02. The van der Waals surface area contributed by atoms with Gasteiger partial charge in [0.15, 0.2) is 11.5 Å². The van der Waals surface area contributed by atoms with Crippen LogP contribution < -0.4 is 14.8 Å². The van der Waals surface area contributed by atoms with Gasteiger partial charge in [0, 0.05) is 13.0 Å². The number of rotatable bonds is 5. The molecule has 2 atom stereocenters. The highest BCUT2D eigenvalue weighted by atomic mass is 16.5. The van der Waals surface area contributed by atoms with Gasteiger partial charge in [-0.15, -0.1) is 0 Å². The molecule has 1 N–H and O–H groups in total. The lowest BCUT2D eigenvalue weighted by atomic mass is 10.1. The number of carbonyl (C=O) groups is 1. The highest BCUT2D eigenvalue weighted by Crippen LogP contribution is 2.30. The van der Waals surface area contributed by atoms with Crippen LogP contribution in [-0.4, -0.2) is 38.9 Å². The summed E-state index contributed by atoms with van der Waals surface area (Å²) in [7, 11) is 3.02.